The Hall–Kier alpha value is -2.18. The molecule has 0 aliphatic carbocycles. The van der Waals surface area contributed by atoms with E-state index in [2.05, 4.69) is 0 Å². The standard InChI is InChI=1S/C22H13Cl2NO2S2/c23-15-3-7-17(8-4-15)25-21(26)20(29-22(25)27)13-14-1-9-18(10-2-14)28-19-11-5-16(24)6-12-19/h1-13H/b20-13+. The van der Waals surface area contributed by atoms with Gasteiger partial charge >= 0.3 is 0 Å². The maximum Gasteiger partial charge on any atom is 0.298 e. The van der Waals surface area contributed by atoms with Crippen LogP contribution in [0.5, 0.6) is 0 Å². The molecule has 0 atom stereocenters. The molecular weight excluding hydrogens is 445 g/mol. The summed E-state index contributed by atoms with van der Waals surface area (Å²) in [5, 5.41) is 0.934. The van der Waals surface area contributed by atoms with Gasteiger partial charge in [0, 0.05) is 19.8 Å². The van der Waals surface area contributed by atoms with Crippen molar-refractivity contribution in [3.8, 4) is 0 Å². The summed E-state index contributed by atoms with van der Waals surface area (Å²) >= 11 is 14.4. The van der Waals surface area contributed by atoms with Crippen LogP contribution >= 0.6 is 46.7 Å². The molecule has 3 aromatic carbocycles. The minimum Gasteiger partial charge on any atom is -0.268 e. The van der Waals surface area contributed by atoms with Crippen LogP contribution in [0.25, 0.3) is 6.08 Å². The van der Waals surface area contributed by atoms with Gasteiger partial charge in [0.1, 0.15) is 0 Å². The van der Waals surface area contributed by atoms with Crippen molar-refractivity contribution in [2.45, 2.75) is 9.79 Å². The van der Waals surface area contributed by atoms with Crippen LogP contribution in [0.15, 0.2) is 87.5 Å². The van der Waals surface area contributed by atoms with Crippen LogP contribution in [0, 0.1) is 0 Å². The maximum absolute atomic E-state index is 12.7. The van der Waals surface area contributed by atoms with E-state index in [1.807, 2.05) is 48.5 Å². The van der Waals surface area contributed by atoms with Crippen LogP contribution in [0.2, 0.25) is 10.0 Å². The molecular formula is C22H13Cl2NO2S2. The predicted molar refractivity (Wildman–Crippen MR) is 122 cm³/mol. The summed E-state index contributed by atoms with van der Waals surface area (Å²) in [6, 6.07) is 22.1. The molecule has 1 aliphatic heterocycles. The lowest BCUT2D eigenvalue weighted by atomic mass is 10.2. The minimum absolute atomic E-state index is 0.321. The number of imide groups is 1. The van der Waals surface area contributed by atoms with Gasteiger partial charge in [0.15, 0.2) is 0 Å². The van der Waals surface area contributed by atoms with Crippen LogP contribution in [-0.4, -0.2) is 11.1 Å². The second-order valence-corrected chi connectivity index (χ2v) is 9.13. The lowest BCUT2D eigenvalue weighted by molar-refractivity contribution is -0.113. The Labute approximate surface area is 186 Å². The van der Waals surface area contributed by atoms with Gasteiger partial charge in [-0.3, -0.25) is 9.59 Å². The molecule has 144 valence electrons. The number of carbonyl (C=O) groups is 2. The predicted octanol–water partition coefficient (Wildman–Crippen LogP) is 7.39. The molecule has 29 heavy (non-hydrogen) atoms. The van der Waals surface area contributed by atoms with Gasteiger partial charge in [0.25, 0.3) is 11.1 Å². The van der Waals surface area contributed by atoms with Crippen molar-refractivity contribution in [1.29, 1.82) is 0 Å². The Bertz CT molecular complexity index is 1100. The number of benzene rings is 3. The second-order valence-electron chi connectivity index (χ2n) is 6.12. The van der Waals surface area contributed by atoms with E-state index in [1.165, 1.54) is 0 Å². The number of anilines is 1. The summed E-state index contributed by atoms with van der Waals surface area (Å²) in [6.45, 7) is 0. The number of hydrogen-bond donors (Lipinski definition) is 0. The van der Waals surface area contributed by atoms with Gasteiger partial charge in [-0.25, -0.2) is 4.90 Å². The van der Waals surface area contributed by atoms with E-state index in [9.17, 15) is 9.59 Å². The molecule has 3 aromatic rings. The molecule has 1 fully saturated rings. The van der Waals surface area contributed by atoms with Gasteiger partial charge in [-0.1, -0.05) is 47.1 Å². The molecule has 1 saturated heterocycles. The molecule has 0 spiro atoms. The average molecular weight is 458 g/mol. The SMILES string of the molecule is O=C1S/C(=C/c2ccc(Sc3ccc(Cl)cc3)cc2)C(=O)N1c1ccc(Cl)cc1. The van der Waals surface area contributed by atoms with E-state index in [4.69, 9.17) is 23.2 Å². The molecule has 0 N–H and O–H groups in total. The van der Waals surface area contributed by atoms with Gasteiger partial charge in [-0.15, -0.1) is 0 Å². The topological polar surface area (TPSA) is 37.4 Å². The summed E-state index contributed by atoms with van der Waals surface area (Å²) < 4.78 is 0. The van der Waals surface area contributed by atoms with E-state index in [1.54, 1.807) is 42.1 Å². The number of rotatable bonds is 4. The fourth-order valence-electron chi connectivity index (χ4n) is 2.70. The number of thioether (sulfide) groups is 1. The van der Waals surface area contributed by atoms with E-state index >= 15 is 0 Å². The third kappa shape index (κ3) is 4.70. The highest BCUT2D eigenvalue weighted by molar-refractivity contribution is 8.19. The van der Waals surface area contributed by atoms with E-state index in [0.29, 0.717) is 20.6 Å². The fraction of sp³-hybridized carbons (Fsp3) is 0. The number of hydrogen-bond acceptors (Lipinski definition) is 4. The summed E-state index contributed by atoms with van der Waals surface area (Å²) in [7, 11) is 0. The highest BCUT2D eigenvalue weighted by Gasteiger charge is 2.36. The van der Waals surface area contributed by atoms with Gasteiger partial charge in [-0.2, -0.15) is 0 Å². The van der Waals surface area contributed by atoms with Crippen molar-refractivity contribution in [2.24, 2.45) is 0 Å². The van der Waals surface area contributed by atoms with Crippen LogP contribution in [0.4, 0.5) is 10.5 Å². The van der Waals surface area contributed by atoms with Crippen LogP contribution in [-0.2, 0) is 4.79 Å². The smallest absolute Gasteiger partial charge is 0.268 e. The average Bonchev–Trinajstić information content (AvgIpc) is 2.99. The summed E-state index contributed by atoms with van der Waals surface area (Å²) in [5.41, 5.74) is 1.36. The van der Waals surface area contributed by atoms with Crippen molar-refractivity contribution in [3.63, 3.8) is 0 Å². The molecule has 0 saturated carbocycles. The summed E-state index contributed by atoms with van der Waals surface area (Å²) in [4.78, 5) is 28.8. The first-order chi connectivity index (χ1) is 14.0. The van der Waals surface area contributed by atoms with Crippen molar-refractivity contribution >= 4 is 69.6 Å². The highest BCUT2D eigenvalue weighted by atomic mass is 35.5. The van der Waals surface area contributed by atoms with Crippen molar-refractivity contribution in [1.82, 2.24) is 0 Å². The zero-order valence-electron chi connectivity index (χ0n) is 14.8. The van der Waals surface area contributed by atoms with Crippen molar-refractivity contribution in [2.75, 3.05) is 4.90 Å². The molecule has 3 nitrogen and oxygen atoms in total. The number of carbonyl (C=O) groups excluding carboxylic acids is 2. The number of nitrogens with zero attached hydrogens (tertiary/aromatic N) is 1. The third-order valence-electron chi connectivity index (χ3n) is 4.11. The number of amides is 2. The Kier molecular flexibility index (Phi) is 6.01. The van der Waals surface area contributed by atoms with Crippen LogP contribution in [0.3, 0.4) is 0 Å². The molecule has 0 unspecified atom stereocenters. The Morgan fingerprint density at radius 2 is 1.28 bits per heavy atom. The van der Waals surface area contributed by atoms with E-state index in [0.717, 1.165) is 32.0 Å². The Balaban J connectivity index is 1.50. The fourth-order valence-corrected chi connectivity index (χ4v) is 4.61. The lowest BCUT2D eigenvalue weighted by Crippen LogP contribution is -2.27. The van der Waals surface area contributed by atoms with Gasteiger partial charge < -0.3 is 0 Å². The lowest BCUT2D eigenvalue weighted by Gasteiger charge is -2.12. The first-order valence-corrected chi connectivity index (χ1v) is 11.0. The zero-order valence-corrected chi connectivity index (χ0v) is 18.0. The molecule has 1 heterocycles. The molecule has 0 bridgehead atoms. The molecule has 4 rings (SSSR count). The first kappa shape index (κ1) is 20.1. The monoisotopic (exact) mass is 457 g/mol. The molecule has 2 amide bonds. The second kappa shape index (κ2) is 8.67. The van der Waals surface area contributed by atoms with E-state index < -0.39 is 0 Å². The summed E-state index contributed by atoms with van der Waals surface area (Å²) in [5.74, 6) is -0.332. The van der Waals surface area contributed by atoms with Crippen molar-refractivity contribution < 1.29 is 9.59 Å². The van der Waals surface area contributed by atoms with Crippen LogP contribution < -0.4 is 4.90 Å². The van der Waals surface area contributed by atoms with Gasteiger partial charge in [-0.05, 0) is 84.1 Å². The molecule has 0 radical (unpaired) electrons. The summed E-state index contributed by atoms with van der Waals surface area (Å²) in [6.07, 6.45) is 1.73. The maximum atomic E-state index is 12.7. The normalized spacial score (nSPS) is 15.4. The van der Waals surface area contributed by atoms with Gasteiger partial charge in [0.2, 0.25) is 0 Å². The van der Waals surface area contributed by atoms with Gasteiger partial charge in [0.05, 0.1) is 10.6 Å². The van der Waals surface area contributed by atoms with E-state index in [-0.39, 0.29) is 11.1 Å². The molecule has 0 aromatic heterocycles. The Morgan fingerprint density at radius 1 is 0.759 bits per heavy atom. The Morgan fingerprint density at radius 3 is 1.86 bits per heavy atom. The zero-order chi connectivity index (χ0) is 20.4. The minimum atomic E-state index is -0.332. The van der Waals surface area contributed by atoms with Crippen molar-refractivity contribution in [3.05, 3.63) is 93.3 Å². The largest absolute Gasteiger partial charge is 0.298 e. The van der Waals surface area contributed by atoms with Crippen LogP contribution in [0.1, 0.15) is 5.56 Å². The molecule has 1 aliphatic rings. The quantitative estimate of drug-likeness (QED) is 0.382. The highest BCUT2D eigenvalue weighted by Crippen LogP contribution is 2.36. The molecule has 7 heteroatoms. The third-order valence-corrected chi connectivity index (χ3v) is 6.50. The first-order valence-electron chi connectivity index (χ1n) is 8.56. The number of halogens is 2.